The first kappa shape index (κ1) is 19.2. The minimum absolute atomic E-state index is 0.125. The molecular formula is C18H15F3N6O. The van der Waals surface area contributed by atoms with Crippen LogP contribution in [0.15, 0.2) is 49.2 Å². The number of halogens is 3. The summed E-state index contributed by atoms with van der Waals surface area (Å²) in [4.78, 5) is 23.6. The van der Waals surface area contributed by atoms with E-state index >= 15 is 0 Å². The van der Waals surface area contributed by atoms with Crippen LogP contribution in [0.25, 0.3) is 17.6 Å². The third-order valence-corrected chi connectivity index (χ3v) is 3.64. The quantitative estimate of drug-likeness (QED) is 0.680. The fourth-order valence-corrected chi connectivity index (χ4v) is 2.36. The van der Waals surface area contributed by atoms with Crippen LogP contribution in [-0.4, -0.2) is 30.6 Å². The summed E-state index contributed by atoms with van der Waals surface area (Å²) in [6, 6.07) is 5.28. The summed E-state index contributed by atoms with van der Waals surface area (Å²) in [6.45, 7) is 1.80. The summed E-state index contributed by atoms with van der Waals surface area (Å²) in [7, 11) is 0. The predicted octanol–water partition coefficient (Wildman–Crippen LogP) is 2.85. The molecule has 1 amide bonds. The Hall–Kier alpha value is -3.56. The summed E-state index contributed by atoms with van der Waals surface area (Å²) in [5.41, 5.74) is 0.576. The topological polar surface area (TPSA) is 85.6 Å². The van der Waals surface area contributed by atoms with Crippen LogP contribution in [0.1, 0.15) is 16.8 Å². The van der Waals surface area contributed by atoms with Crippen molar-refractivity contribution in [3.05, 3.63) is 66.0 Å². The molecule has 0 aliphatic rings. The summed E-state index contributed by atoms with van der Waals surface area (Å²) in [6.07, 6.45) is 2.38. The summed E-state index contributed by atoms with van der Waals surface area (Å²) in [5.74, 6) is -0.259. The van der Waals surface area contributed by atoms with Crippen LogP contribution in [0.5, 0.6) is 0 Å². The molecule has 0 fully saturated rings. The van der Waals surface area contributed by atoms with Gasteiger partial charge >= 0.3 is 6.18 Å². The zero-order chi connectivity index (χ0) is 20.1. The SMILES string of the molecule is Cc1cc(-c2ncn(/C=C\C(=O)NCc3ccncn3)n2)cc(C(F)(F)F)c1. The normalized spacial score (nSPS) is 11.7. The molecule has 0 unspecified atom stereocenters. The van der Waals surface area contributed by atoms with E-state index in [4.69, 9.17) is 0 Å². The molecule has 144 valence electrons. The van der Waals surface area contributed by atoms with Gasteiger partial charge in [0.1, 0.15) is 12.7 Å². The lowest BCUT2D eigenvalue weighted by Crippen LogP contribution is -2.21. The molecule has 0 saturated carbocycles. The van der Waals surface area contributed by atoms with Crippen LogP contribution < -0.4 is 5.32 Å². The van der Waals surface area contributed by atoms with Gasteiger partial charge in [0.25, 0.3) is 0 Å². The van der Waals surface area contributed by atoms with Crippen LogP contribution in [0.4, 0.5) is 13.2 Å². The molecule has 1 aromatic carbocycles. The zero-order valence-electron chi connectivity index (χ0n) is 14.7. The monoisotopic (exact) mass is 388 g/mol. The Labute approximate surface area is 158 Å². The molecule has 0 bridgehead atoms. The largest absolute Gasteiger partial charge is 0.416 e. The van der Waals surface area contributed by atoms with E-state index in [1.165, 1.54) is 29.6 Å². The van der Waals surface area contributed by atoms with E-state index in [9.17, 15) is 18.0 Å². The fourth-order valence-electron chi connectivity index (χ4n) is 2.36. The Kier molecular flexibility index (Phi) is 5.48. The number of benzene rings is 1. The zero-order valence-corrected chi connectivity index (χ0v) is 14.7. The van der Waals surface area contributed by atoms with Gasteiger partial charge in [0.15, 0.2) is 5.82 Å². The first-order valence-electron chi connectivity index (χ1n) is 8.12. The maximum Gasteiger partial charge on any atom is 0.416 e. The average Bonchev–Trinajstić information content (AvgIpc) is 3.13. The van der Waals surface area contributed by atoms with Crippen molar-refractivity contribution in [2.75, 3.05) is 0 Å². The van der Waals surface area contributed by atoms with Gasteiger partial charge in [-0.05, 0) is 36.8 Å². The third kappa shape index (κ3) is 5.00. The van der Waals surface area contributed by atoms with Crippen LogP contribution in [-0.2, 0) is 17.5 Å². The van der Waals surface area contributed by atoms with Crippen molar-refractivity contribution >= 4 is 12.1 Å². The number of carbonyl (C=O) groups excluding carboxylic acids is 1. The second-order valence-corrected chi connectivity index (χ2v) is 5.87. The van der Waals surface area contributed by atoms with Crippen molar-refractivity contribution in [1.29, 1.82) is 0 Å². The molecule has 3 rings (SSSR count). The maximum absolute atomic E-state index is 13.0. The molecular weight excluding hydrogens is 373 g/mol. The Morgan fingerprint density at radius 1 is 1.25 bits per heavy atom. The van der Waals surface area contributed by atoms with Crippen molar-refractivity contribution in [2.45, 2.75) is 19.6 Å². The molecule has 0 aliphatic heterocycles. The van der Waals surface area contributed by atoms with E-state index in [1.807, 2.05) is 0 Å². The lowest BCUT2D eigenvalue weighted by atomic mass is 10.1. The highest BCUT2D eigenvalue weighted by atomic mass is 19.4. The number of carbonyl (C=O) groups is 1. The first-order valence-corrected chi connectivity index (χ1v) is 8.12. The number of aryl methyl sites for hydroxylation is 1. The van der Waals surface area contributed by atoms with Crippen molar-refractivity contribution in [3.63, 3.8) is 0 Å². The molecule has 3 aromatic rings. The number of hydrogen-bond acceptors (Lipinski definition) is 5. The molecule has 10 heteroatoms. The third-order valence-electron chi connectivity index (χ3n) is 3.64. The Morgan fingerprint density at radius 2 is 2.07 bits per heavy atom. The number of alkyl halides is 3. The molecule has 7 nitrogen and oxygen atoms in total. The summed E-state index contributed by atoms with van der Waals surface area (Å²) in [5, 5.41) is 6.72. The fraction of sp³-hybridized carbons (Fsp3) is 0.167. The van der Waals surface area contributed by atoms with Gasteiger partial charge < -0.3 is 5.32 Å². The first-order chi connectivity index (χ1) is 13.3. The Morgan fingerprint density at radius 3 is 2.79 bits per heavy atom. The summed E-state index contributed by atoms with van der Waals surface area (Å²) >= 11 is 0. The number of nitrogens with one attached hydrogen (secondary N) is 1. The van der Waals surface area contributed by atoms with E-state index in [-0.39, 0.29) is 23.8 Å². The molecule has 0 aliphatic carbocycles. The van der Waals surface area contributed by atoms with E-state index in [0.29, 0.717) is 11.3 Å². The van der Waals surface area contributed by atoms with Gasteiger partial charge in [0.05, 0.1) is 17.8 Å². The number of amides is 1. The lowest BCUT2D eigenvalue weighted by Gasteiger charge is -2.09. The van der Waals surface area contributed by atoms with Crippen LogP contribution in [0.3, 0.4) is 0 Å². The van der Waals surface area contributed by atoms with Crippen molar-refractivity contribution in [3.8, 4) is 11.4 Å². The number of rotatable bonds is 5. The average molecular weight is 388 g/mol. The molecule has 2 aromatic heterocycles. The van der Waals surface area contributed by atoms with E-state index in [1.54, 1.807) is 25.3 Å². The molecule has 1 N–H and O–H groups in total. The van der Waals surface area contributed by atoms with E-state index in [2.05, 4.69) is 25.4 Å². The molecule has 0 radical (unpaired) electrons. The van der Waals surface area contributed by atoms with Gasteiger partial charge in [-0.1, -0.05) is 0 Å². The summed E-state index contributed by atoms with van der Waals surface area (Å²) < 4.78 is 40.1. The van der Waals surface area contributed by atoms with Crippen LogP contribution >= 0.6 is 0 Å². The van der Waals surface area contributed by atoms with Crippen LogP contribution in [0, 0.1) is 6.92 Å². The molecule has 0 atom stereocenters. The number of aromatic nitrogens is 5. The van der Waals surface area contributed by atoms with Crippen molar-refractivity contribution in [2.24, 2.45) is 0 Å². The second kappa shape index (κ2) is 7.99. The number of nitrogens with zero attached hydrogens (tertiary/aromatic N) is 5. The molecule has 0 saturated heterocycles. The highest BCUT2D eigenvalue weighted by Gasteiger charge is 2.31. The van der Waals surface area contributed by atoms with Gasteiger partial charge in [0, 0.05) is 24.0 Å². The van der Waals surface area contributed by atoms with Gasteiger partial charge in [-0.2, -0.15) is 13.2 Å². The van der Waals surface area contributed by atoms with E-state index < -0.39 is 11.7 Å². The van der Waals surface area contributed by atoms with Gasteiger partial charge in [-0.15, -0.1) is 5.10 Å². The molecule has 0 spiro atoms. The number of hydrogen-bond donors (Lipinski definition) is 1. The van der Waals surface area contributed by atoms with Crippen LogP contribution in [0.2, 0.25) is 0 Å². The second-order valence-electron chi connectivity index (χ2n) is 5.87. The minimum Gasteiger partial charge on any atom is -0.347 e. The Bertz CT molecular complexity index is 998. The lowest BCUT2D eigenvalue weighted by molar-refractivity contribution is -0.137. The van der Waals surface area contributed by atoms with Crippen molar-refractivity contribution < 1.29 is 18.0 Å². The van der Waals surface area contributed by atoms with Gasteiger partial charge in [-0.3, -0.25) is 4.79 Å². The van der Waals surface area contributed by atoms with Crippen molar-refractivity contribution in [1.82, 2.24) is 30.0 Å². The van der Waals surface area contributed by atoms with Gasteiger partial charge in [0.2, 0.25) is 5.91 Å². The van der Waals surface area contributed by atoms with E-state index in [0.717, 1.165) is 12.1 Å². The highest BCUT2D eigenvalue weighted by molar-refractivity contribution is 5.89. The molecule has 2 heterocycles. The Balaban J connectivity index is 1.68. The maximum atomic E-state index is 13.0. The highest BCUT2D eigenvalue weighted by Crippen LogP contribution is 2.32. The smallest absolute Gasteiger partial charge is 0.347 e. The van der Waals surface area contributed by atoms with Gasteiger partial charge in [-0.25, -0.2) is 19.6 Å². The predicted molar refractivity (Wildman–Crippen MR) is 94.4 cm³/mol. The molecule has 28 heavy (non-hydrogen) atoms. The minimum atomic E-state index is -4.45. The standard InChI is InChI=1S/C18H15F3N6O/c1-12-6-13(8-14(7-12)18(19,20)21)17-25-11-27(26-17)5-3-16(28)23-9-15-2-4-22-10-24-15/h2-8,10-11H,9H2,1H3,(H,23,28)/b5-3-.